The first-order valence-electron chi connectivity index (χ1n) is 21.3. The molecule has 20 heteroatoms. The number of thiazole rings is 1. The fraction of sp³-hybridized carbons (Fsp3) is 0.391. The highest BCUT2D eigenvalue weighted by molar-refractivity contribution is 14.1. The van der Waals surface area contributed by atoms with Gasteiger partial charge in [-0.3, -0.25) is 24.0 Å². The quantitative estimate of drug-likeness (QED) is 0.0257. The number of aliphatic hydroxyl groups excluding tert-OH is 1. The zero-order chi connectivity index (χ0) is 47.7. The molecule has 0 bridgehead atoms. The van der Waals surface area contributed by atoms with E-state index in [9.17, 15) is 37.5 Å². The molecule has 0 spiro atoms. The van der Waals surface area contributed by atoms with Gasteiger partial charge in [-0.15, -0.1) is 11.3 Å². The Labute approximate surface area is 397 Å². The van der Waals surface area contributed by atoms with Gasteiger partial charge in [0.1, 0.15) is 23.0 Å². The number of hydrogen-bond donors (Lipinski definition) is 6. The van der Waals surface area contributed by atoms with Gasteiger partial charge in [-0.2, -0.15) is 0 Å². The minimum absolute atomic E-state index is 0.0612. The molecule has 1 fully saturated rings. The predicted octanol–water partition coefficient (Wildman–Crippen LogP) is 6.76. The van der Waals surface area contributed by atoms with Crippen molar-refractivity contribution in [2.45, 2.75) is 76.9 Å². The minimum Gasteiger partial charge on any atom is -0.391 e. The average molecular weight is 1040 g/mol. The number of nitrogens with zero attached hydrogens (tertiary/aromatic N) is 3. The number of aliphatic hydroxyl groups is 1. The number of aryl methyl sites for hydroxylation is 2. The number of carbonyl (C=O) groups is 4. The average Bonchev–Trinajstić information content (AvgIpc) is 4.01. The van der Waals surface area contributed by atoms with Crippen LogP contribution in [0.25, 0.3) is 10.4 Å². The third kappa shape index (κ3) is 11.6. The molecule has 0 radical (unpaired) electrons. The molecule has 3 heterocycles. The van der Waals surface area contributed by atoms with E-state index >= 15 is 0 Å². The van der Waals surface area contributed by atoms with Crippen LogP contribution in [0.5, 0.6) is 0 Å². The number of rotatable bonds is 21. The van der Waals surface area contributed by atoms with E-state index in [1.807, 2.05) is 67.6 Å². The molecule has 2 aromatic heterocycles. The Balaban J connectivity index is 1.05. The van der Waals surface area contributed by atoms with Crippen molar-refractivity contribution < 1.29 is 46.8 Å². The maximum atomic E-state index is 14.8. The van der Waals surface area contributed by atoms with Gasteiger partial charge in [-0.05, 0) is 110 Å². The number of amides is 4. The largest absolute Gasteiger partial charge is 0.391 e. The molecule has 4 atom stereocenters. The number of anilines is 2. The van der Waals surface area contributed by atoms with E-state index in [1.165, 1.54) is 28.4 Å². The second kappa shape index (κ2) is 22.4. The van der Waals surface area contributed by atoms with Gasteiger partial charge in [0.25, 0.3) is 5.91 Å². The molecule has 6 rings (SSSR count). The highest BCUT2D eigenvalue weighted by Gasteiger charge is 2.58. The number of hydrogen-bond acceptors (Lipinski definition) is 12. The van der Waals surface area contributed by atoms with Crippen molar-refractivity contribution in [3.63, 3.8) is 0 Å². The molecule has 1 saturated heterocycles. The van der Waals surface area contributed by atoms with Crippen LogP contribution in [0, 0.1) is 40.8 Å². The first kappa shape index (κ1) is 50.0. The van der Waals surface area contributed by atoms with Crippen LogP contribution in [0.3, 0.4) is 0 Å². The SMILES string of the molecule is Cc1cc([C@H](C(=O)N2CC(O)CC2(C(N)=O)[C@@H](CC(=O)NCCCNCCCONC(=O)c2ccc(F)c(F)c2Nc2ccc(I)cc2F)c2ccc(-c3scnc3C)cc2)C(C)C)on1. The fourth-order valence-corrected chi connectivity index (χ4v) is 9.49. The smallest absolute Gasteiger partial charge is 0.277 e. The second-order valence-electron chi connectivity index (χ2n) is 16.5. The number of benzene rings is 3. The lowest BCUT2D eigenvalue weighted by Crippen LogP contribution is -2.61. The predicted molar refractivity (Wildman–Crippen MR) is 250 cm³/mol. The topological polar surface area (TPSA) is 214 Å². The van der Waals surface area contributed by atoms with Crippen LogP contribution in [0.4, 0.5) is 24.5 Å². The zero-order valence-electron chi connectivity index (χ0n) is 36.8. The molecular formula is C46H52F3IN8O7S. The van der Waals surface area contributed by atoms with E-state index < -0.39 is 70.2 Å². The van der Waals surface area contributed by atoms with Gasteiger partial charge in [0.2, 0.25) is 17.7 Å². The molecule has 15 nitrogen and oxygen atoms in total. The number of likely N-dealkylation sites (tertiary alicyclic amines) is 1. The summed E-state index contributed by atoms with van der Waals surface area (Å²) in [4.78, 5) is 67.1. The van der Waals surface area contributed by atoms with Gasteiger partial charge in [0, 0.05) is 41.5 Å². The molecule has 2 unspecified atom stereocenters. The van der Waals surface area contributed by atoms with Crippen LogP contribution < -0.4 is 27.2 Å². The molecule has 5 aromatic rings. The zero-order valence-corrected chi connectivity index (χ0v) is 39.7. The molecular weight excluding hydrogens is 993 g/mol. The number of β-amino-alcohol motifs (C(OH)–C–C–N with tert-alkyl or cyclic N) is 1. The Morgan fingerprint density at radius 2 is 1.76 bits per heavy atom. The lowest BCUT2D eigenvalue weighted by molar-refractivity contribution is -0.148. The third-order valence-corrected chi connectivity index (χ3v) is 13.1. The van der Waals surface area contributed by atoms with Crippen LogP contribution in [-0.4, -0.2) is 88.2 Å². The number of aromatic nitrogens is 2. The molecule has 1 aliphatic heterocycles. The van der Waals surface area contributed by atoms with Gasteiger partial charge in [0.15, 0.2) is 11.6 Å². The van der Waals surface area contributed by atoms with Gasteiger partial charge in [-0.1, -0.05) is 43.3 Å². The Hall–Kier alpha value is -5.42. The molecule has 7 N–H and O–H groups in total. The second-order valence-corrected chi connectivity index (χ2v) is 18.6. The van der Waals surface area contributed by atoms with Crippen LogP contribution >= 0.6 is 33.9 Å². The summed E-state index contributed by atoms with van der Waals surface area (Å²) in [5.74, 6) is -7.65. The van der Waals surface area contributed by atoms with E-state index in [2.05, 4.69) is 31.6 Å². The maximum Gasteiger partial charge on any atom is 0.277 e. The van der Waals surface area contributed by atoms with Gasteiger partial charge in [0.05, 0.1) is 51.4 Å². The summed E-state index contributed by atoms with van der Waals surface area (Å²) in [6, 6.07) is 15.0. The highest BCUT2D eigenvalue weighted by atomic mass is 127. The van der Waals surface area contributed by atoms with E-state index in [-0.39, 0.29) is 49.7 Å². The van der Waals surface area contributed by atoms with Gasteiger partial charge < -0.3 is 36.2 Å². The lowest BCUT2D eigenvalue weighted by atomic mass is 9.73. The summed E-state index contributed by atoms with van der Waals surface area (Å²) in [5, 5.41) is 23.8. The molecule has 66 heavy (non-hydrogen) atoms. The molecule has 3 aromatic carbocycles. The molecule has 1 aliphatic rings. The number of primary amides is 1. The summed E-state index contributed by atoms with van der Waals surface area (Å²) in [6.45, 7) is 8.44. The number of halogens is 4. The minimum atomic E-state index is -1.78. The van der Waals surface area contributed by atoms with Gasteiger partial charge in [-0.25, -0.2) is 23.6 Å². The van der Waals surface area contributed by atoms with Crippen LogP contribution in [0.1, 0.15) is 84.4 Å². The Morgan fingerprint density at radius 1 is 1.02 bits per heavy atom. The van der Waals surface area contributed by atoms with Crippen molar-refractivity contribution in [3.8, 4) is 10.4 Å². The summed E-state index contributed by atoms with van der Waals surface area (Å²) in [7, 11) is 0. The standard InChI is InChI=1S/C46H52F3IN8O7S/c1-25(2)39(37-19-26(3)56-65-37)44(62)58-23-31(59)22-46(58,45(51)63)33(28-7-9-29(10-8-28)42-27(4)54-24-66-42)21-38(60)53-17-5-15-52-16-6-18-64-57-43(61)32-12-13-34(47)40(49)41(32)55-36-14-11-30(50)20-35(36)48/h7-14,19-20,24-25,31,33,39,52,55,59H,5-6,15-18,21-23H2,1-4H3,(H2,51,63)(H,53,60)(H,57,61)/t31?,33-,39+,46?/m0/s1. The number of nitrogens with two attached hydrogens (primary N) is 1. The number of hydroxylamine groups is 1. The summed E-state index contributed by atoms with van der Waals surface area (Å²) in [5.41, 5.74) is 10.4. The normalized spacial score (nSPS) is 16.9. The third-order valence-electron chi connectivity index (χ3n) is 11.4. The van der Waals surface area contributed by atoms with Crippen molar-refractivity contribution >= 4 is 68.9 Å². The Bertz CT molecular complexity index is 2530. The number of carbonyl (C=O) groups excluding carboxylic acids is 4. The van der Waals surface area contributed by atoms with Crippen LogP contribution in [0.15, 0.2) is 70.7 Å². The monoisotopic (exact) mass is 1040 g/mol. The highest BCUT2D eigenvalue weighted by Crippen LogP contribution is 2.46. The summed E-state index contributed by atoms with van der Waals surface area (Å²) < 4.78 is 49.5. The molecule has 0 saturated carbocycles. The van der Waals surface area contributed by atoms with E-state index in [0.717, 1.165) is 28.3 Å². The van der Waals surface area contributed by atoms with E-state index in [0.29, 0.717) is 46.5 Å². The van der Waals surface area contributed by atoms with Crippen molar-refractivity contribution in [2.24, 2.45) is 11.7 Å². The summed E-state index contributed by atoms with van der Waals surface area (Å²) in [6.07, 6.45) is -0.559. The number of nitrogens with one attached hydrogen (secondary N) is 4. The Kier molecular flexibility index (Phi) is 17.0. The van der Waals surface area contributed by atoms with Crippen molar-refractivity contribution in [1.82, 2.24) is 31.2 Å². The van der Waals surface area contributed by atoms with Crippen molar-refractivity contribution in [3.05, 3.63) is 115 Å². The molecule has 352 valence electrons. The van der Waals surface area contributed by atoms with Crippen LogP contribution in [-0.2, 0) is 19.2 Å². The molecule has 0 aliphatic carbocycles. The maximum absolute atomic E-state index is 14.8. The summed E-state index contributed by atoms with van der Waals surface area (Å²) >= 11 is 3.39. The lowest BCUT2D eigenvalue weighted by Gasteiger charge is -2.43. The first-order valence-corrected chi connectivity index (χ1v) is 23.3. The Morgan fingerprint density at radius 3 is 2.41 bits per heavy atom. The van der Waals surface area contributed by atoms with E-state index in [4.69, 9.17) is 15.1 Å². The fourth-order valence-electron chi connectivity index (χ4n) is 8.22. The van der Waals surface area contributed by atoms with Crippen molar-refractivity contribution in [1.29, 1.82) is 0 Å². The molecule has 4 amide bonds. The first-order chi connectivity index (χ1) is 31.5. The van der Waals surface area contributed by atoms with Crippen molar-refractivity contribution in [2.75, 3.05) is 38.1 Å². The van der Waals surface area contributed by atoms with Crippen LogP contribution in [0.2, 0.25) is 0 Å². The van der Waals surface area contributed by atoms with E-state index in [1.54, 1.807) is 24.6 Å². The van der Waals surface area contributed by atoms with Gasteiger partial charge >= 0.3 is 0 Å².